The van der Waals surface area contributed by atoms with Gasteiger partial charge in [0.05, 0.1) is 18.2 Å². The predicted octanol–water partition coefficient (Wildman–Crippen LogP) is 5.20. The number of morpholine rings is 1. The van der Waals surface area contributed by atoms with Gasteiger partial charge in [0.15, 0.2) is 12.0 Å². The van der Waals surface area contributed by atoms with Crippen LogP contribution in [0.1, 0.15) is 23.6 Å². The van der Waals surface area contributed by atoms with Crippen LogP contribution in [0.3, 0.4) is 0 Å². The quantitative estimate of drug-likeness (QED) is 0.153. The van der Waals surface area contributed by atoms with E-state index < -0.39 is 30.5 Å². The van der Waals surface area contributed by atoms with Gasteiger partial charge in [-0.3, -0.25) is 19.3 Å². The summed E-state index contributed by atoms with van der Waals surface area (Å²) in [5.41, 5.74) is 2.58. The highest BCUT2D eigenvalue weighted by molar-refractivity contribution is 7.83. The number of benzene rings is 3. The molecule has 4 aliphatic rings. The van der Waals surface area contributed by atoms with Gasteiger partial charge in [-0.15, -0.1) is 0 Å². The summed E-state index contributed by atoms with van der Waals surface area (Å²) in [6.07, 6.45) is 0.543. The first-order chi connectivity index (χ1) is 24.6. The normalized spacial score (nSPS) is 26.2. The lowest BCUT2D eigenvalue weighted by Crippen LogP contribution is -2.64. The molecule has 7 rings (SSSR count). The van der Waals surface area contributed by atoms with Crippen molar-refractivity contribution in [3.63, 3.8) is 0 Å². The lowest BCUT2D eigenvalue weighted by Gasteiger charge is -2.52. The highest BCUT2D eigenvalue weighted by Crippen LogP contribution is 2.56. The van der Waals surface area contributed by atoms with E-state index in [9.17, 15) is 9.36 Å². The van der Waals surface area contributed by atoms with Gasteiger partial charge in [0.1, 0.15) is 6.61 Å². The summed E-state index contributed by atoms with van der Waals surface area (Å²) in [4.78, 5) is 22.2. The molecule has 4 unspecified atom stereocenters. The molecule has 3 fully saturated rings. The van der Waals surface area contributed by atoms with E-state index in [0.29, 0.717) is 32.8 Å². The van der Waals surface area contributed by atoms with Crippen LogP contribution in [0.2, 0.25) is 0 Å². The molecular formula is C38H48ClN6O5P. The smallest absolute Gasteiger partial charge is 0.350 e. The number of hydrogen-bond acceptors (Lipinski definition) is 8. The third kappa shape index (κ3) is 7.55. The Labute approximate surface area is 306 Å². The lowest BCUT2D eigenvalue weighted by molar-refractivity contribution is -0.153. The molecule has 13 heteroatoms. The SMILES string of the molecule is CC1=CN(C2CN(C(c3ccccc3)(c3ccccc3)c3ccccc3)CC(COP(=O)(Cl)N3CCN(CCN(C)C)CC3)O2)C(=O)NC12CO2. The third-order valence-corrected chi connectivity index (χ3v) is 12.9. The maximum Gasteiger partial charge on any atom is 0.363 e. The average Bonchev–Trinajstić information content (AvgIpc) is 3.93. The third-order valence-electron chi connectivity index (χ3n) is 10.4. The number of nitrogens with zero attached hydrogens (tertiary/aromatic N) is 5. The van der Waals surface area contributed by atoms with Gasteiger partial charge in [-0.25, -0.2) is 9.46 Å². The van der Waals surface area contributed by atoms with Crippen LogP contribution in [0, 0.1) is 0 Å². The second-order valence-electron chi connectivity index (χ2n) is 14.0. The Kier molecular flexibility index (Phi) is 10.7. The molecule has 0 radical (unpaired) electrons. The summed E-state index contributed by atoms with van der Waals surface area (Å²) in [7, 11) is 4.12. The van der Waals surface area contributed by atoms with Gasteiger partial charge >= 0.3 is 12.9 Å². The number of carbonyl (C=O) groups is 1. The molecular weight excluding hydrogens is 687 g/mol. The van der Waals surface area contributed by atoms with Crippen molar-refractivity contribution in [3.8, 4) is 0 Å². The Hall–Kier alpha value is -3.09. The number of rotatable bonds is 12. The van der Waals surface area contributed by atoms with E-state index in [0.717, 1.165) is 48.4 Å². The molecule has 11 nitrogen and oxygen atoms in total. The molecule has 1 N–H and O–H groups in total. The standard InChI is InChI=1S/C38H48ClN6O5P/c1-30-25-45(36(46)40-37(30)29-48-37)35-27-43(26-34(50-35)28-49-51(39,47)44-23-21-42(22-24-44)20-19-41(2)3)38(31-13-7-4-8-14-31,32-15-9-5-10-16-32)33-17-11-6-12-18-33/h4-18,25,34-35H,19-24,26-29H2,1-3H3,(H,40,46). The second-order valence-corrected chi connectivity index (χ2v) is 17.0. The molecule has 51 heavy (non-hydrogen) atoms. The van der Waals surface area contributed by atoms with E-state index in [-0.39, 0.29) is 12.6 Å². The highest BCUT2D eigenvalue weighted by atomic mass is 35.7. The number of amides is 2. The van der Waals surface area contributed by atoms with Crippen molar-refractivity contribution in [3.05, 3.63) is 119 Å². The summed E-state index contributed by atoms with van der Waals surface area (Å²) in [5, 5.41) is 3.03. The van der Waals surface area contributed by atoms with Crippen LogP contribution in [-0.4, -0.2) is 128 Å². The zero-order valence-electron chi connectivity index (χ0n) is 29.6. The lowest BCUT2D eigenvalue weighted by atomic mass is 9.75. The van der Waals surface area contributed by atoms with E-state index in [1.165, 1.54) is 0 Å². The highest BCUT2D eigenvalue weighted by Gasteiger charge is 2.54. The van der Waals surface area contributed by atoms with Crippen LogP contribution < -0.4 is 5.32 Å². The van der Waals surface area contributed by atoms with E-state index in [1.807, 2.05) is 31.3 Å². The molecule has 272 valence electrons. The molecule has 4 atom stereocenters. The largest absolute Gasteiger partial charge is 0.363 e. The zero-order chi connectivity index (χ0) is 35.6. The number of halogens is 1. The molecule has 3 saturated heterocycles. The van der Waals surface area contributed by atoms with Gasteiger partial charge in [0.2, 0.25) is 0 Å². The molecule has 3 aromatic carbocycles. The Balaban J connectivity index is 1.22. The van der Waals surface area contributed by atoms with Gasteiger partial charge in [0.25, 0.3) is 0 Å². The van der Waals surface area contributed by atoms with Crippen molar-refractivity contribution >= 4 is 24.1 Å². The van der Waals surface area contributed by atoms with E-state index in [4.69, 9.17) is 25.2 Å². The number of piperazine rings is 1. The number of hydrogen-bond donors (Lipinski definition) is 1. The molecule has 4 heterocycles. The average molecular weight is 735 g/mol. The van der Waals surface area contributed by atoms with E-state index in [1.54, 1.807) is 9.57 Å². The van der Waals surface area contributed by atoms with Gasteiger partial charge < -0.3 is 24.2 Å². The maximum absolute atomic E-state index is 14.0. The van der Waals surface area contributed by atoms with Gasteiger partial charge in [-0.2, -0.15) is 0 Å². The summed E-state index contributed by atoms with van der Waals surface area (Å²) in [6, 6.07) is 30.9. The number of likely N-dealkylation sites (N-methyl/N-ethyl adjacent to an activating group) is 1. The minimum atomic E-state index is -3.67. The number of ether oxygens (including phenoxy) is 2. The molecule has 0 saturated carbocycles. The summed E-state index contributed by atoms with van der Waals surface area (Å²) >= 11 is 6.75. The van der Waals surface area contributed by atoms with Crippen molar-refractivity contribution in [2.24, 2.45) is 0 Å². The topological polar surface area (TPSA) is 93.4 Å². The van der Waals surface area contributed by atoms with Crippen LogP contribution in [0.15, 0.2) is 103 Å². The molecule has 1 spiro atoms. The molecule has 3 aromatic rings. The predicted molar refractivity (Wildman–Crippen MR) is 198 cm³/mol. The van der Waals surface area contributed by atoms with Crippen LogP contribution in [-0.2, 0) is 24.1 Å². The minimum Gasteiger partial charge on any atom is -0.350 e. The van der Waals surface area contributed by atoms with Crippen molar-refractivity contribution in [1.82, 2.24) is 29.6 Å². The number of carbonyl (C=O) groups excluding carboxylic acids is 1. The van der Waals surface area contributed by atoms with Crippen LogP contribution in [0.4, 0.5) is 4.79 Å². The van der Waals surface area contributed by atoms with Crippen LogP contribution >= 0.6 is 18.1 Å². The summed E-state index contributed by atoms with van der Waals surface area (Å²) < 4.78 is 34.2. The Morgan fingerprint density at radius 2 is 1.47 bits per heavy atom. The van der Waals surface area contributed by atoms with Crippen LogP contribution in [0.25, 0.3) is 0 Å². The molecule has 0 aliphatic carbocycles. The fraction of sp³-hybridized carbons (Fsp3) is 0.447. The molecule has 2 amide bonds. The fourth-order valence-corrected chi connectivity index (χ4v) is 9.31. The Morgan fingerprint density at radius 3 is 1.98 bits per heavy atom. The fourth-order valence-electron chi connectivity index (χ4n) is 7.51. The van der Waals surface area contributed by atoms with E-state index >= 15 is 0 Å². The van der Waals surface area contributed by atoms with E-state index in [2.05, 4.69) is 107 Å². The molecule has 0 bridgehead atoms. The number of epoxide rings is 1. The summed E-state index contributed by atoms with van der Waals surface area (Å²) in [5.74, 6) is 0. The first-order valence-corrected chi connectivity index (χ1v) is 20.2. The second kappa shape index (κ2) is 15.1. The summed E-state index contributed by atoms with van der Waals surface area (Å²) in [6.45, 7) is 4.01. The van der Waals surface area contributed by atoms with Crippen LogP contribution in [0.5, 0.6) is 0 Å². The van der Waals surface area contributed by atoms with Crippen molar-refractivity contribution in [1.29, 1.82) is 0 Å². The van der Waals surface area contributed by atoms with Gasteiger partial charge in [-0.1, -0.05) is 91.0 Å². The van der Waals surface area contributed by atoms with Gasteiger partial charge in [0, 0.05) is 58.6 Å². The number of urea groups is 1. The van der Waals surface area contributed by atoms with Crippen molar-refractivity contribution in [2.75, 3.05) is 79.7 Å². The minimum absolute atomic E-state index is 0.0196. The first-order valence-electron chi connectivity index (χ1n) is 17.7. The Bertz CT molecular complexity index is 1630. The first kappa shape index (κ1) is 36.3. The Morgan fingerprint density at radius 1 is 0.922 bits per heavy atom. The number of nitrogens with one attached hydrogen (secondary N) is 1. The van der Waals surface area contributed by atoms with Crippen molar-refractivity contribution < 1.29 is 23.4 Å². The van der Waals surface area contributed by atoms with Crippen molar-refractivity contribution in [2.45, 2.75) is 30.5 Å². The maximum atomic E-state index is 14.0. The zero-order valence-corrected chi connectivity index (χ0v) is 31.2. The molecule has 4 aliphatic heterocycles. The van der Waals surface area contributed by atoms with Gasteiger partial charge in [-0.05, 0) is 54.5 Å². The molecule has 0 aromatic heterocycles. The monoisotopic (exact) mass is 734 g/mol.